The highest BCUT2D eigenvalue weighted by Gasteiger charge is 1.43. The van der Waals surface area contributed by atoms with Gasteiger partial charge in [-0.15, -0.1) is 0 Å². The average Bonchev–Trinajstić information content (AvgIpc) is 2.01. The third-order valence-electron chi connectivity index (χ3n) is 0. The van der Waals surface area contributed by atoms with Gasteiger partial charge in [-0.05, 0) is 21.1 Å². The van der Waals surface area contributed by atoms with Crippen LogP contribution in [0, 0.1) is 0 Å². The largest absolute Gasteiger partial charge is 0.333 e. The zero-order valence-electron chi connectivity index (χ0n) is 6.82. The van der Waals surface area contributed by atoms with Crippen molar-refractivity contribution in [3.05, 3.63) is 0 Å². The molecule has 3 nitrogen and oxygen atoms in total. The van der Waals surface area contributed by atoms with E-state index < -0.39 is 0 Å². The molecule has 0 aliphatic carbocycles. The molecule has 0 fully saturated rings. The van der Waals surface area contributed by atoms with Gasteiger partial charge >= 0.3 is 0 Å². The zero-order valence-corrected chi connectivity index (χ0v) is 11.0. The molecule has 0 saturated heterocycles. The molecule has 0 aliphatic heterocycles. The Balaban J connectivity index is -0.0000000190. The Kier molecular flexibility index (Phi) is 486. The van der Waals surface area contributed by atoms with Crippen LogP contribution in [0.1, 0.15) is 0 Å². The van der Waals surface area contributed by atoms with Gasteiger partial charge in [-0.2, -0.15) is 11.1 Å². The van der Waals surface area contributed by atoms with Gasteiger partial charge in [0.25, 0.3) is 0 Å². The van der Waals surface area contributed by atoms with Crippen molar-refractivity contribution < 1.29 is 0 Å². The summed E-state index contributed by atoms with van der Waals surface area (Å²) in [5.41, 5.74) is 13.5. The molecule has 62 valence electrons. The minimum Gasteiger partial charge on any atom is -0.333 e. The smallest absolute Gasteiger partial charge is 0.106 e. The van der Waals surface area contributed by atoms with Gasteiger partial charge in [-0.3, -0.25) is 0 Å². The number of hydrogen-bond acceptors (Lipinski definition) is 3. The summed E-state index contributed by atoms with van der Waals surface area (Å²) in [4.78, 5) is 0. The first kappa shape index (κ1) is 22.6. The fraction of sp³-hybridized carbons (Fsp3) is 1.00. The topological polar surface area (TPSA) is 78.1 Å². The Morgan fingerprint density at radius 1 is 1.00 bits per heavy atom. The third kappa shape index (κ3) is 1030. The van der Waals surface area contributed by atoms with Gasteiger partial charge in [-0.1, -0.05) is 0 Å². The van der Waals surface area contributed by atoms with Crippen molar-refractivity contribution in [1.29, 1.82) is 0 Å². The highest BCUT2D eigenvalue weighted by Crippen LogP contribution is 1.46. The van der Waals surface area contributed by atoms with E-state index >= 15 is 0 Å². The summed E-state index contributed by atoms with van der Waals surface area (Å²) in [5, 5.41) is 0. The SMILES string of the molecule is CN.CN.CN.[SiH3][SiH2]Cl. The zero-order chi connectivity index (χ0) is 8.71. The van der Waals surface area contributed by atoms with Gasteiger partial charge in [-0.25, -0.2) is 0 Å². The third-order valence-corrected chi connectivity index (χ3v) is 0. The van der Waals surface area contributed by atoms with E-state index in [0.29, 0.717) is 0 Å². The van der Waals surface area contributed by atoms with Gasteiger partial charge in [0.05, 0.1) is 0 Å². The Morgan fingerprint density at radius 3 is 1.00 bits per heavy atom. The van der Waals surface area contributed by atoms with Crippen LogP contribution in [0.15, 0.2) is 0 Å². The minimum atomic E-state index is 0.0278. The monoisotopic (exact) mass is 189 g/mol. The second-order valence-electron chi connectivity index (χ2n) is 0.267. The Bertz CT molecular complexity index is 17.0. The lowest BCUT2D eigenvalue weighted by Crippen LogP contribution is -1.69. The van der Waals surface area contributed by atoms with Gasteiger partial charge in [0.2, 0.25) is 0 Å². The fourth-order valence-electron chi connectivity index (χ4n) is 0. The van der Waals surface area contributed by atoms with Crippen molar-refractivity contribution in [3.8, 4) is 0 Å². The van der Waals surface area contributed by atoms with Crippen molar-refractivity contribution in [2.75, 3.05) is 21.1 Å². The Labute approximate surface area is 68.0 Å². The average molecular weight is 190 g/mol. The molecule has 0 saturated carbocycles. The molecule has 0 amide bonds. The van der Waals surface area contributed by atoms with E-state index in [0.717, 1.165) is 0 Å². The second kappa shape index (κ2) is 193. The lowest BCUT2D eigenvalue weighted by molar-refractivity contribution is 1.48. The van der Waals surface area contributed by atoms with E-state index in [2.05, 4.69) is 17.2 Å². The quantitative estimate of drug-likeness (QED) is 0.287. The van der Waals surface area contributed by atoms with E-state index in [4.69, 9.17) is 11.1 Å². The Morgan fingerprint density at radius 2 is 1.00 bits per heavy atom. The molecule has 0 aromatic carbocycles. The molecular weight excluding hydrogens is 170 g/mol. The van der Waals surface area contributed by atoms with Crippen molar-refractivity contribution in [2.45, 2.75) is 0 Å². The molecule has 0 bridgehead atoms. The molecular formula is C3H20ClN3Si2. The number of nitrogens with two attached hydrogens (primary N) is 3. The van der Waals surface area contributed by atoms with Crippen LogP contribution in [0.4, 0.5) is 0 Å². The fourth-order valence-corrected chi connectivity index (χ4v) is 0. The van der Waals surface area contributed by atoms with Crippen LogP contribution in [0.3, 0.4) is 0 Å². The minimum absolute atomic E-state index is 0.0278. The van der Waals surface area contributed by atoms with Crippen molar-refractivity contribution >= 4 is 29.2 Å². The first-order valence-electron chi connectivity index (χ1n) is 2.71. The van der Waals surface area contributed by atoms with Crippen molar-refractivity contribution in [2.24, 2.45) is 17.2 Å². The first-order valence-corrected chi connectivity index (χ1v) is 10.5. The maximum atomic E-state index is 5.20. The normalized spacial score (nSPS) is 5.67. The number of hydrogen-bond donors (Lipinski definition) is 3. The van der Waals surface area contributed by atoms with Gasteiger partial charge in [0, 0.05) is 9.76 Å². The molecule has 0 aliphatic rings. The Hall–Kier alpha value is 0.604. The summed E-state index contributed by atoms with van der Waals surface area (Å²) < 4.78 is 0. The van der Waals surface area contributed by atoms with Crippen LogP contribution >= 0.6 is 11.1 Å². The first-order chi connectivity index (χ1) is 4.41. The van der Waals surface area contributed by atoms with E-state index in [1.165, 1.54) is 30.9 Å². The lowest BCUT2D eigenvalue weighted by Gasteiger charge is -1.41. The highest BCUT2D eigenvalue weighted by atomic mass is 35.6. The molecule has 0 rings (SSSR count). The maximum Gasteiger partial charge on any atom is 0.106 e. The number of rotatable bonds is 0. The highest BCUT2D eigenvalue weighted by molar-refractivity contribution is 7.19. The van der Waals surface area contributed by atoms with Crippen LogP contribution in [0.2, 0.25) is 0 Å². The van der Waals surface area contributed by atoms with Crippen LogP contribution in [0.25, 0.3) is 0 Å². The summed E-state index contributed by atoms with van der Waals surface area (Å²) in [6, 6.07) is 0. The molecule has 0 spiro atoms. The molecule has 9 heavy (non-hydrogen) atoms. The van der Waals surface area contributed by atoms with Crippen LogP contribution in [-0.4, -0.2) is 39.2 Å². The summed E-state index contributed by atoms with van der Waals surface area (Å²) in [7, 11) is 5.80. The lowest BCUT2D eigenvalue weighted by atomic mass is 11.6. The molecule has 0 radical (unpaired) electrons. The van der Waals surface area contributed by atoms with Gasteiger partial charge in [0.1, 0.15) is 8.35 Å². The van der Waals surface area contributed by atoms with Crippen molar-refractivity contribution in [1.82, 2.24) is 0 Å². The molecule has 0 unspecified atom stereocenters. The van der Waals surface area contributed by atoms with E-state index in [1.54, 1.807) is 0 Å². The van der Waals surface area contributed by atoms with E-state index in [1.807, 2.05) is 0 Å². The second-order valence-corrected chi connectivity index (χ2v) is 7.22. The number of halogens is 1. The maximum absolute atomic E-state index is 5.20. The summed E-state index contributed by atoms with van der Waals surface area (Å²) in [6.07, 6.45) is 0. The molecule has 0 heterocycles. The molecule has 6 heteroatoms. The van der Waals surface area contributed by atoms with Crippen LogP contribution in [-0.2, 0) is 0 Å². The molecule has 0 aromatic heterocycles. The van der Waals surface area contributed by atoms with E-state index in [-0.39, 0.29) is 8.35 Å². The predicted octanol–water partition coefficient (Wildman–Crippen LogP) is -2.69. The van der Waals surface area contributed by atoms with Crippen LogP contribution < -0.4 is 17.2 Å². The van der Waals surface area contributed by atoms with Gasteiger partial charge < -0.3 is 17.2 Å². The van der Waals surface area contributed by atoms with Gasteiger partial charge in [0.15, 0.2) is 0 Å². The molecule has 6 N–H and O–H groups in total. The molecule has 0 atom stereocenters. The predicted molar refractivity (Wildman–Crippen MR) is 54.7 cm³/mol. The standard InChI is InChI=1S/3CH5N.ClH5Si2/c3*1-2;1-3-2/h3*2H2,1H3;3H2,2H3. The van der Waals surface area contributed by atoms with Crippen LogP contribution in [0.5, 0.6) is 0 Å². The summed E-state index contributed by atoms with van der Waals surface area (Å²) in [5.74, 6) is 0. The van der Waals surface area contributed by atoms with Crippen molar-refractivity contribution in [3.63, 3.8) is 0 Å². The van der Waals surface area contributed by atoms with E-state index in [9.17, 15) is 0 Å². The summed E-state index contributed by atoms with van der Waals surface area (Å²) >= 11 is 5.20. The summed E-state index contributed by atoms with van der Waals surface area (Å²) in [6.45, 7) is 0. The molecule has 0 aromatic rings.